The van der Waals surface area contributed by atoms with Crippen LogP contribution in [-0.2, 0) is 9.53 Å². The summed E-state index contributed by atoms with van der Waals surface area (Å²) in [6.45, 7) is 10.6. The summed E-state index contributed by atoms with van der Waals surface area (Å²) in [5.74, 6) is 0.484. The normalized spacial score (nSPS) is 29.2. The van der Waals surface area contributed by atoms with E-state index in [1.807, 2.05) is 6.08 Å². The molecule has 3 atom stereocenters. The topological polar surface area (TPSA) is 50.1 Å². The molecule has 1 aliphatic rings. The van der Waals surface area contributed by atoms with E-state index in [1.54, 1.807) is 6.92 Å². The molecule has 0 saturated heterocycles. The van der Waals surface area contributed by atoms with Crippen molar-refractivity contribution in [2.24, 2.45) is 17.3 Å². The fourth-order valence-electron chi connectivity index (χ4n) is 4.26. The molecule has 0 unspecified atom stereocenters. The standard InChI is InChI=1S/C22H34ClNO2/c1-16(8-7-9-17(2)20(25)26-6)10-11-18-12-14-22(5,23)19(13-15-24)21(18,3)4/h9-10,18-19H,7-8,11-14H2,1-6H3/b16-10+,17-9+/t18-,19-,22+/m0/s1. The predicted octanol–water partition coefficient (Wildman–Crippen LogP) is 6.19. The minimum absolute atomic E-state index is 0.0443. The number of nitrogens with zero attached hydrogens (tertiary/aromatic N) is 1. The molecule has 0 aliphatic heterocycles. The van der Waals surface area contributed by atoms with Gasteiger partial charge in [0.15, 0.2) is 0 Å². The van der Waals surface area contributed by atoms with Gasteiger partial charge >= 0.3 is 5.97 Å². The minimum Gasteiger partial charge on any atom is -0.466 e. The molecule has 0 aromatic rings. The molecule has 1 saturated carbocycles. The lowest BCUT2D eigenvalue weighted by atomic mass is 9.56. The fourth-order valence-corrected chi connectivity index (χ4v) is 4.73. The first kappa shape index (κ1) is 22.8. The highest BCUT2D eigenvalue weighted by atomic mass is 35.5. The summed E-state index contributed by atoms with van der Waals surface area (Å²) in [5.41, 5.74) is 2.04. The molecular weight excluding hydrogens is 346 g/mol. The Morgan fingerprint density at radius 3 is 2.54 bits per heavy atom. The Hall–Kier alpha value is -1.27. The SMILES string of the molecule is COC(=O)/C(C)=C/CC/C(C)=C/C[C@H]1CC[C@@](C)(Cl)[C@@H](CC#N)C1(C)C. The summed E-state index contributed by atoms with van der Waals surface area (Å²) in [7, 11) is 1.40. The Balaban J connectivity index is 2.69. The third-order valence-corrected chi connectivity index (χ3v) is 6.65. The Morgan fingerprint density at radius 1 is 1.31 bits per heavy atom. The van der Waals surface area contributed by atoms with Gasteiger partial charge < -0.3 is 4.74 Å². The van der Waals surface area contributed by atoms with Crippen LogP contribution in [0.25, 0.3) is 0 Å². The number of carbonyl (C=O) groups excluding carboxylic acids is 1. The van der Waals surface area contributed by atoms with Crippen LogP contribution in [0.5, 0.6) is 0 Å². The van der Waals surface area contributed by atoms with Gasteiger partial charge in [-0.05, 0) is 70.1 Å². The summed E-state index contributed by atoms with van der Waals surface area (Å²) in [5, 5.41) is 9.23. The third kappa shape index (κ3) is 5.88. The van der Waals surface area contributed by atoms with E-state index in [1.165, 1.54) is 12.7 Å². The zero-order chi connectivity index (χ0) is 20.0. The summed E-state index contributed by atoms with van der Waals surface area (Å²) in [4.78, 5) is 11.1. The molecule has 1 fully saturated rings. The summed E-state index contributed by atoms with van der Waals surface area (Å²) in [6, 6.07) is 2.34. The first-order valence-electron chi connectivity index (χ1n) is 9.52. The van der Waals surface area contributed by atoms with Crippen molar-refractivity contribution in [3.05, 3.63) is 23.3 Å². The number of rotatable bonds is 7. The van der Waals surface area contributed by atoms with Gasteiger partial charge in [0.05, 0.1) is 13.2 Å². The molecule has 0 aromatic carbocycles. The van der Waals surface area contributed by atoms with Gasteiger partial charge in [0.1, 0.15) is 0 Å². The van der Waals surface area contributed by atoms with Crippen LogP contribution >= 0.6 is 11.6 Å². The monoisotopic (exact) mass is 379 g/mol. The molecular formula is C22H34ClNO2. The van der Waals surface area contributed by atoms with Gasteiger partial charge in [-0.3, -0.25) is 0 Å². The first-order chi connectivity index (χ1) is 12.1. The maximum atomic E-state index is 11.4. The number of methoxy groups -OCH3 is 1. The van der Waals surface area contributed by atoms with Gasteiger partial charge in [0, 0.05) is 16.9 Å². The number of allylic oxidation sites excluding steroid dienone is 3. The van der Waals surface area contributed by atoms with Crippen molar-refractivity contribution in [1.29, 1.82) is 5.26 Å². The molecule has 4 heteroatoms. The van der Waals surface area contributed by atoms with Crippen molar-refractivity contribution in [3.8, 4) is 6.07 Å². The van der Waals surface area contributed by atoms with Crippen LogP contribution in [-0.4, -0.2) is 18.0 Å². The van der Waals surface area contributed by atoms with Crippen molar-refractivity contribution in [2.75, 3.05) is 7.11 Å². The average molecular weight is 380 g/mol. The molecule has 0 aromatic heterocycles. The Labute approximate surface area is 164 Å². The second-order valence-electron chi connectivity index (χ2n) is 8.45. The average Bonchev–Trinajstić information content (AvgIpc) is 2.56. The van der Waals surface area contributed by atoms with Crippen LogP contribution in [0.3, 0.4) is 0 Å². The highest BCUT2D eigenvalue weighted by molar-refractivity contribution is 6.24. The fraction of sp³-hybridized carbons (Fsp3) is 0.727. The number of ether oxygens (including phenoxy) is 1. The van der Waals surface area contributed by atoms with Gasteiger partial charge in [-0.25, -0.2) is 4.79 Å². The first-order valence-corrected chi connectivity index (χ1v) is 9.90. The zero-order valence-electron chi connectivity index (χ0n) is 17.2. The maximum absolute atomic E-state index is 11.4. The summed E-state index contributed by atoms with van der Waals surface area (Å²) in [6.07, 6.45) is 9.65. The van der Waals surface area contributed by atoms with Gasteiger partial charge in [-0.15, -0.1) is 11.6 Å². The number of carbonyl (C=O) groups is 1. The van der Waals surface area contributed by atoms with Crippen molar-refractivity contribution in [3.63, 3.8) is 0 Å². The van der Waals surface area contributed by atoms with Crippen LogP contribution in [0.15, 0.2) is 23.3 Å². The van der Waals surface area contributed by atoms with Crippen LogP contribution in [0.4, 0.5) is 0 Å². The molecule has 1 rings (SSSR count). The molecule has 0 amide bonds. The highest BCUT2D eigenvalue weighted by Crippen LogP contribution is 2.54. The van der Waals surface area contributed by atoms with E-state index in [-0.39, 0.29) is 22.2 Å². The number of halogens is 1. The second kappa shape index (κ2) is 9.60. The third-order valence-electron chi connectivity index (χ3n) is 6.20. The van der Waals surface area contributed by atoms with Gasteiger partial charge in [-0.2, -0.15) is 5.26 Å². The summed E-state index contributed by atoms with van der Waals surface area (Å²) >= 11 is 6.75. The van der Waals surface area contributed by atoms with E-state index < -0.39 is 0 Å². The lowest BCUT2D eigenvalue weighted by Crippen LogP contribution is -2.48. The highest BCUT2D eigenvalue weighted by Gasteiger charge is 2.49. The maximum Gasteiger partial charge on any atom is 0.333 e. The minimum atomic E-state index is -0.287. The van der Waals surface area contributed by atoms with Crippen molar-refractivity contribution >= 4 is 17.6 Å². The Bertz CT molecular complexity index is 596. The number of hydrogen-bond donors (Lipinski definition) is 0. The number of nitriles is 1. The number of esters is 1. The zero-order valence-corrected chi connectivity index (χ0v) is 17.9. The van der Waals surface area contributed by atoms with E-state index >= 15 is 0 Å². The van der Waals surface area contributed by atoms with E-state index in [9.17, 15) is 10.1 Å². The van der Waals surface area contributed by atoms with E-state index in [0.717, 1.165) is 32.1 Å². The van der Waals surface area contributed by atoms with Gasteiger partial charge in [0.2, 0.25) is 0 Å². The molecule has 0 radical (unpaired) electrons. The Morgan fingerprint density at radius 2 is 1.96 bits per heavy atom. The molecule has 0 spiro atoms. The van der Waals surface area contributed by atoms with E-state index in [4.69, 9.17) is 16.3 Å². The number of alkyl halides is 1. The number of hydrogen-bond acceptors (Lipinski definition) is 3. The lowest BCUT2D eigenvalue weighted by Gasteiger charge is -2.51. The molecule has 146 valence electrons. The van der Waals surface area contributed by atoms with Gasteiger partial charge in [0.25, 0.3) is 0 Å². The molecule has 26 heavy (non-hydrogen) atoms. The van der Waals surface area contributed by atoms with Crippen molar-refractivity contribution in [1.82, 2.24) is 0 Å². The second-order valence-corrected chi connectivity index (χ2v) is 9.32. The summed E-state index contributed by atoms with van der Waals surface area (Å²) < 4.78 is 4.71. The Kier molecular flexibility index (Phi) is 8.41. The molecule has 0 heterocycles. The van der Waals surface area contributed by atoms with Crippen LogP contribution in [0, 0.1) is 28.6 Å². The van der Waals surface area contributed by atoms with Crippen molar-refractivity contribution in [2.45, 2.75) is 78.0 Å². The molecule has 0 N–H and O–H groups in total. The van der Waals surface area contributed by atoms with Crippen LogP contribution in [0.1, 0.15) is 73.1 Å². The van der Waals surface area contributed by atoms with Crippen LogP contribution < -0.4 is 0 Å². The van der Waals surface area contributed by atoms with Crippen molar-refractivity contribution < 1.29 is 9.53 Å². The van der Waals surface area contributed by atoms with E-state index in [2.05, 4.69) is 39.8 Å². The predicted molar refractivity (Wildman–Crippen MR) is 108 cm³/mol. The van der Waals surface area contributed by atoms with E-state index in [0.29, 0.717) is 17.9 Å². The quantitative estimate of drug-likeness (QED) is 0.229. The molecule has 1 aliphatic carbocycles. The van der Waals surface area contributed by atoms with Gasteiger partial charge in [-0.1, -0.05) is 31.6 Å². The molecule has 3 nitrogen and oxygen atoms in total. The lowest BCUT2D eigenvalue weighted by molar-refractivity contribution is -0.136. The largest absolute Gasteiger partial charge is 0.466 e. The van der Waals surface area contributed by atoms with Crippen LogP contribution in [0.2, 0.25) is 0 Å². The smallest absolute Gasteiger partial charge is 0.333 e. The molecule has 0 bridgehead atoms.